The summed E-state index contributed by atoms with van der Waals surface area (Å²) in [4.78, 5) is 26.7. The average Bonchev–Trinajstić information content (AvgIpc) is 2.97. The average molecular weight is 308 g/mol. The summed E-state index contributed by atoms with van der Waals surface area (Å²) in [6.07, 6.45) is 3.95. The minimum absolute atomic E-state index is 0. The summed E-state index contributed by atoms with van der Waals surface area (Å²) in [6.45, 7) is 2.29. The van der Waals surface area contributed by atoms with E-state index in [2.05, 4.69) is 9.72 Å². The molecule has 0 fully saturated rings. The maximum absolute atomic E-state index is 11.5. The van der Waals surface area contributed by atoms with Crippen LogP contribution in [0.25, 0.3) is 5.76 Å². The minimum Gasteiger partial charge on any atom is -1.00 e. The molecular formula is C16H17LiN2O4. The maximum Gasteiger partial charge on any atom is 1.00 e. The molecule has 0 unspecified atom stereocenters. The summed E-state index contributed by atoms with van der Waals surface area (Å²) in [5.74, 6) is -2.29. The normalized spacial score (nSPS) is 10.7. The standard InChI is InChI=1S/C16H16N2O4.Li.H/c1-2-22-16(21)15(20)8-14(19)13-10-18(11-17-13)9-12-6-4-3-5-7-12;;/h3-8,10-11,19H,2,9H2,1H3;;/q;+1;-1. The second-order valence-corrected chi connectivity index (χ2v) is 4.53. The molecule has 0 radical (unpaired) electrons. The second kappa shape index (κ2) is 8.98. The van der Waals surface area contributed by atoms with Gasteiger partial charge in [0.25, 0.3) is 5.78 Å². The van der Waals surface area contributed by atoms with Crippen molar-refractivity contribution in [3.63, 3.8) is 0 Å². The Bertz CT molecular complexity index is 701. The van der Waals surface area contributed by atoms with Gasteiger partial charge in [0.1, 0.15) is 11.5 Å². The zero-order chi connectivity index (χ0) is 15.9. The Kier molecular flexibility index (Phi) is 7.33. The molecule has 0 aliphatic rings. The summed E-state index contributed by atoms with van der Waals surface area (Å²) < 4.78 is 6.32. The van der Waals surface area contributed by atoms with Gasteiger partial charge in [-0.25, -0.2) is 9.78 Å². The first-order chi connectivity index (χ1) is 10.6. The van der Waals surface area contributed by atoms with Gasteiger partial charge in [0.05, 0.1) is 12.9 Å². The van der Waals surface area contributed by atoms with Gasteiger partial charge in [-0.2, -0.15) is 0 Å². The van der Waals surface area contributed by atoms with E-state index in [1.807, 2.05) is 30.3 Å². The molecule has 0 bridgehead atoms. The summed E-state index contributed by atoms with van der Waals surface area (Å²) in [5, 5.41) is 9.84. The van der Waals surface area contributed by atoms with Gasteiger partial charge in [-0.3, -0.25) is 4.79 Å². The Morgan fingerprint density at radius 3 is 2.70 bits per heavy atom. The molecule has 0 aliphatic carbocycles. The minimum atomic E-state index is -1.00. The van der Waals surface area contributed by atoms with Crippen molar-refractivity contribution in [3.8, 4) is 0 Å². The second-order valence-electron chi connectivity index (χ2n) is 4.53. The van der Waals surface area contributed by atoms with Crippen molar-refractivity contribution >= 4 is 17.5 Å². The molecule has 1 aromatic carbocycles. The van der Waals surface area contributed by atoms with Gasteiger partial charge in [-0.15, -0.1) is 0 Å². The number of hydrogen-bond acceptors (Lipinski definition) is 5. The van der Waals surface area contributed by atoms with E-state index in [0.717, 1.165) is 11.6 Å². The van der Waals surface area contributed by atoms with Crippen LogP contribution >= 0.6 is 0 Å². The van der Waals surface area contributed by atoms with Crippen molar-refractivity contribution < 1.29 is 39.7 Å². The van der Waals surface area contributed by atoms with E-state index < -0.39 is 11.8 Å². The first kappa shape index (κ1) is 18.8. The van der Waals surface area contributed by atoms with Crippen molar-refractivity contribution in [1.29, 1.82) is 0 Å². The van der Waals surface area contributed by atoms with E-state index in [-0.39, 0.29) is 38.3 Å². The Hall–Kier alpha value is -2.29. The number of aromatic nitrogens is 2. The van der Waals surface area contributed by atoms with Crippen molar-refractivity contribution in [2.24, 2.45) is 0 Å². The molecule has 0 spiro atoms. The molecule has 0 saturated heterocycles. The smallest absolute Gasteiger partial charge is 1.00 e. The molecule has 2 rings (SSSR count). The predicted molar refractivity (Wildman–Crippen MR) is 81.1 cm³/mol. The zero-order valence-corrected chi connectivity index (χ0v) is 13.1. The van der Waals surface area contributed by atoms with Crippen molar-refractivity contribution in [2.75, 3.05) is 6.61 Å². The van der Waals surface area contributed by atoms with Gasteiger partial charge < -0.3 is 15.8 Å². The van der Waals surface area contributed by atoms with Crippen LogP contribution < -0.4 is 18.9 Å². The van der Waals surface area contributed by atoms with Crippen LogP contribution in [-0.4, -0.2) is 33.0 Å². The molecule has 23 heavy (non-hydrogen) atoms. The van der Waals surface area contributed by atoms with Gasteiger partial charge in [0.15, 0.2) is 0 Å². The maximum atomic E-state index is 11.5. The van der Waals surface area contributed by atoms with Crippen molar-refractivity contribution in [2.45, 2.75) is 13.5 Å². The van der Waals surface area contributed by atoms with Gasteiger partial charge in [0.2, 0.25) is 0 Å². The van der Waals surface area contributed by atoms with Crippen LogP contribution in [0.4, 0.5) is 0 Å². The first-order valence-electron chi connectivity index (χ1n) is 6.78. The Balaban J connectivity index is 0.00000264. The molecule has 0 aliphatic heterocycles. The van der Waals surface area contributed by atoms with E-state index in [1.54, 1.807) is 24.0 Å². The summed E-state index contributed by atoms with van der Waals surface area (Å²) in [5.41, 5.74) is 1.30. The predicted octanol–water partition coefficient (Wildman–Crippen LogP) is -0.921. The number of aliphatic hydroxyl groups excluding tert-OH is 1. The Morgan fingerprint density at radius 1 is 1.35 bits per heavy atom. The summed E-state index contributed by atoms with van der Waals surface area (Å²) >= 11 is 0. The SMILES string of the molecule is CCOC(=O)C(=O)C=C(O)c1cn(Cc2ccccc2)cn1.[H-].[Li+]. The van der Waals surface area contributed by atoms with Crippen molar-refractivity contribution in [1.82, 2.24) is 9.55 Å². The fourth-order valence-corrected chi connectivity index (χ4v) is 1.83. The van der Waals surface area contributed by atoms with E-state index in [1.165, 1.54) is 0 Å². The fraction of sp³-hybridized carbons (Fsp3) is 0.188. The number of esters is 1. The van der Waals surface area contributed by atoms with E-state index in [0.29, 0.717) is 6.54 Å². The van der Waals surface area contributed by atoms with Gasteiger partial charge in [-0.05, 0) is 12.5 Å². The molecular weight excluding hydrogens is 291 g/mol. The number of rotatable bonds is 6. The largest absolute Gasteiger partial charge is 1.00 e. The molecule has 6 nitrogen and oxygen atoms in total. The van der Waals surface area contributed by atoms with Crippen LogP contribution in [0.15, 0.2) is 48.9 Å². The van der Waals surface area contributed by atoms with Crippen LogP contribution in [0.1, 0.15) is 19.6 Å². The third-order valence-electron chi connectivity index (χ3n) is 2.85. The number of benzene rings is 1. The topological polar surface area (TPSA) is 81.4 Å². The molecule has 2 aromatic rings. The number of ketones is 1. The van der Waals surface area contributed by atoms with Crippen LogP contribution in [0.5, 0.6) is 0 Å². The van der Waals surface area contributed by atoms with E-state index in [4.69, 9.17) is 0 Å². The summed E-state index contributed by atoms with van der Waals surface area (Å²) in [7, 11) is 0. The van der Waals surface area contributed by atoms with Crippen LogP contribution in [0, 0.1) is 0 Å². The number of nitrogens with zero attached hydrogens (tertiary/aromatic N) is 2. The molecule has 0 saturated carbocycles. The first-order valence-corrected chi connectivity index (χ1v) is 6.78. The number of ether oxygens (including phenoxy) is 1. The molecule has 116 valence electrons. The Morgan fingerprint density at radius 2 is 2.04 bits per heavy atom. The van der Waals surface area contributed by atoms with E-state index in [9.17, 15) is 14.7 Å². The van der Waals surface area contributed by atoms with E-state index >= 15 is 0 Å². The molecule has 1 N–H and O–H groups in total. The van der Waals surface area contributed by atoms with Crippen LogP contribution in [-0.2, 0) is 20.9 Å². The molecule has 0 amide bonds. The summed E-state index contributed by atoms with van der Waals surface area (Å²) in [6, 6.07) is 9.74. The Labute approximate surface area is 147 Å². The molecule has 1 aromatic heterocycles. The van der Waals surface area contributed by atoms with Gasteiger partial charge in [0, 0.05) is 18.8 Å². The monoisotopic (exact) mass is 308 g/mol. The van der Waals surface area contributed by atoms with Crippen LogP contribution in [0.2, 0.25) is 0 Å². The third kappa shape index (κ3) is 5.44. The number of carbonyl (C=O) groups is 2. The number of carbonyl (C=O) groups excluding carboxylic acids is 2. The number of aliphatic hydroxyl groups is 1. The fourth-order valence-electron chi connectivity index (χ4n) is 1.83. The molecule has 7 heteroatoms. The quantitative estimate of drug-likeness (QED) is 0.245. The van der Waals surface area contributed by atoms with Gasteiger partial charge in [-0.1, -0.05) is 30.3 Å². The van der Waals surface area contributed by atoms with Crippen LogP contribution in [0.3, 0.4) is 0 Å². The molecule has 1 heterocycles. The number of imidazole rings is 1. The molecule has 0 atom stereocenters. The number of hydrogen-bond donors (Lipinski definition) is 1. The van der Waals surface area contributed by atoms with Crippen molar-refractivity contribution in [3.05, 3.63) is 60.2 Å². The zero-order valence-electron chi connectivity index (χ0n) is 14.1. The van der Waals surface area contributed by atoms with Gasteiger partial charge >= 0.3 is 24.8 Å². The third-order valence-corrected chi connectivity index (χ3v) is 2.85.